The normalized spacial score (nSPS) is 17.2. The summed E-state index contributed by atoms with van der Waals surface area (Å²) in [5.74, 6) is 2.70. The predicted octanol–water partition coefficient (Wildman–Crippen LogP) is 6.45. The Balaban J connectivity index is 1.55. The smallest absolute Gasteiger partial charge is 0.383 e. The number of nitrogens with zero attached hydrogens (tertiary/aromatic N) is 3. The van der Waals surface area contributed by atoms with Gasteiger partial charge in [-0.2, -0.15) is 13.2 Å². The summed E-state index contributed by atoms with van der Waals surface area (Å²) in [5, 5.41) is 9.17. The first-order valence-corrected chi connectivity index (χ1v) is 13.3. The number of hydrazine groups is 2. The van der Waals surface area contributed by atoms with Crippen molar-refractivity contribution in [3.8, 4) is 12.3 Å². The summed E-state index contributed by atoms with van der Waals surface area (Å²) in [6, 6.07) is 6.81. The van der Waals surface area contributed by atoms with Gasteiger partial charge in [0, 0.05) is 41.9 Å². The Bertz CT molecular complexity index is 1500. The van der Waals surface area contributed by atoms with Gasteiger partial charge in [0.2, 0.25) is 0 Å². The van der Waals surface area contributed by atoms with Gasteiger partial charge in [-0.15, -0.1) is 12.0 Å². The number of hydrogen-bond acceptors (Lipinski definition) is 7. The highest BCUT2D eigenvalue weighted by molar-refractivity contribution is 6.35. The Hall–Kier alpha value is -3.68. The second-order valence-electron chi connectivity index (χ2n) is 11.5. The Morgan fingerprint density at radius 2 is 1.93 bits per heavy atom. The number of terminal acetylenes is 1. The van der Waals surface area contributed by atoms with Gasteiger partial charge >= 0.3 is 6.18 Å². The summed E-state index contributed by atoms with van der Waals surface area (Å²) in [6.07, 6.45) is 6.26. The number of aryl methyl sites for hydroxylation is 1. The third-order valence-corrected chi connectivity index (χ3v) is 7.35. The van der Waals surface area contributed by atoms with Crippen LogP contribution < -0.4 is 21.6 Å². The van der Waals surface area contributed by atoms with E-state index in [2.05, 4.69) is 58.3 Å². The van der Waals surface area contributed by atoms with E-state index in [9.17, 15) is 13.2 Å². The van der Waals surface area contributed by atoms with Crippen molar-refractivity contribution in [1.82, 2.24) is 25.9 Å². The molecule has 1 atom stereocenters. The fourth-order valence-electron chi connectivity index (χ4n) is 4.64. The Morgan fingerprint density at radius 1 is 1.18 bits per heavy atom. The number of pyridine rings is 2. The SMILES string of the molecule is C#Cc1cnc2c(Cl)cc(N[C@H](C3=CN(C4(C(F)(F)F)CC4)NN3)c3ccc(C)nc3)cc2c1NCC(C)(C)C. The van der Waals surface area contributed by atoms with Crippen LogP contribution >= 0.6 is 11.6 Å². The molecule has 0 bridgehead atoms. The zero-order chi connectivity index (χ0) is 28.9. The predicted molar refractivity (Wildman–Crippen MR) is 152 cm³/mol. The lowest BCUT2D eigenvalue weighted by molar-refractivity contribution is -0.195. The van der Waals surface area contributed by atoms with Crippen LogP contribution in [0.1, 0.15) is 56.5 Å². The lowest BCUT2D eigenvalue weighted by Gasteiger charge is -2.28. The fraction of sp³-hybridized carbons (Fsp3) is 0.379. The van der Waals surface area contributed by atoms with Gasteiger partial charge in [-0.1, -0.05) is 44.4 Å². The van der Waals surface area contributed by atoms with Crippen LogP contribution in [0.15, 0.2) is 48.6 Å². The molecule has 4 N–H and O–H groups in total. The zero-order valence-electron chi connectivity index (χ0n) is 22.7. The highest BCUT2D eigenvalue weighted by atomic mass is 35.5. The van der Waals surface area contributed by atoms with E-state index in [0.717, 1.165) is 27.3 Å². The number of aromatic nitrogens is 2. The largest absolute Gasteiger partial charge is 0.413 e. The number of fused-ring (bicyclic) bond motifs is 1. The van der Waals surface area contributed by atoms with Crippen LogP contribution in [0.4, 0.5) is 24.5 Å². The molecule has 3 aromatic rings. The van der Waals surface area contributed by atoms with Crippen molar-refractivity contribution in [2.24, 2.45) is 5.41 Å². The van der Waals surface area contributed by atoms with Crippen LogP contribution in [0.5, 0.6) is 0 Å². The molecule has 2 aliphatic rings. The van der Waals surface area contributed by atoms with Gasteiger partial charge in [0.05, 0.1) is 33.5 Å². The minimum Gasteiger partial charge on any atom is -0.383 e. The molecule has 3 heterocycles. The molecular weight excluding hydrogens is 539 g/mol. The Kier molecular flexibility index (Phi) is 7.01. The second kappa shape index (κ2) is 10.1. The van der Waals surface area contributed by atoms with E-state index in [1.807, 2.05) is 25.1 Å². The highest BCUT2D eigenvalue weighted by Crippen LogP contribution is 2.53. The van der Waals surface area contributed by atoms with E-state index in [-0.39, 0.29) is 18.3 Å². The zero-order valence-corrected chi connectivity index (χ0v) is 23.4. The molecule has 0 amide bonds. The molecule has 1 saturated carbocycles. The number of alkyl halides is 3. The van der Waals surface area contributed by atoms with Crippen LogP contribution in [-0.4, -0.2) is 33.2 Å². The van der Waals surface area contributed by atoms with E-state index >= 15 is 0 Å². The van der Waals surface area contributed by atoms with Gasteiger partial charge < -0.3 is 16.1 Å². The Labute approximate surface area is 236 Å². The lowest BCUT2D eigenvalue weighted by Crippen LogP contribution is -2.52. The second-order valence-corrected chi connectivity index (χ2v) is 11.9. The number of nitrogens with one attached hydrogen (secondary N) is 4. The van der Waals surface area contributed by atoms with Crippen LogP contribution in [0.3, 0.4) is 0 Å². The summed E-state index contributed by atoms with van der Waals surface area (Å²) in [6.45, 7) is 8.87. The molecule has 210 valence electrons. The maximum Gasteiger partial charge on any atom is 0.413 e. The first-order chi connectivity index (χ1) is 18.8. The van der Waals surface area contributed by atoms with Crippen molar-refractivity contribution in [2.75, 3.05) is 17.2 Å². The van der Waals surface area contributed by atoms with E-state index in [4.69, 9.17) is 18.0 Å². The van der Waals surface area contributed by atoms with Crippen molar-refractivity contribution in [3.05, 3.63) is 70.4 Å². The molecule has 11 heteroatoms. The van der Waals surface area contributed by atoms with Crippen LogP contribution in [0, 0.1) is 24.7 Å². The summed E-state index contributed by atoms with van der Waals surface area (Å²) < 4.78 is 41.4. The number of hydrogen-bond donors (Lipinski definition) is 4. The molecule has 0 radical (unpaired) electrons. The maximum absolute atomic E-state index is 13.8. The molecule has 0 unspecified atom stereocenters. The van der Waals surface area contributed by atoms with Gasteiger partial charge in [0.25, 0.3) is 0 Å². The van der Waals surface area contributed by atoms with Gasteiger partial charge in [0.15, 0.2) is 5.54 Å². The molecule has 0 spiro atoms. The Morgan fingerprint density at radius 3 is 2.52 bits per heavy atom. The molecular formula is C29H31ClF3N7. The first-order valence-electron chi connectivity index (χ1n) is 12.9. The summed E-state index contributed by atoms with van der Waals surface area (Å²) >= 11 is 6.70. The fourth-order valence-corrected chi connectivity index (χ4v) is 4.91. The summed E-state index contributed by atoms with van der Waals surface area (Å²) in [7, 11) is 0. The molecule has 1 aliphatic carbocycles. The molecule has 2 aromatic heterocycles. The quantitative estimate of drug-likeness (QED) is 0.244. The first kappa shape index (κ1) is 27.9. The standard InChI is InChI=1S/C29H31ClF3N7/c1-6-18-13-35-26-21(24(18)36-16-27(3,4)5)11-20(12-22(26)30)37-25(19-8-7-17(2)34-14-19)23-15-40(39-38-23)28(9-10-28)29(31,32)33/h1,7-8,11-15,25,37-39H,9-10,16H2,2-5H3,(H,35,36)/t25-/m0/s1. The molecule has 1 aromatic carbocycles. The minimum absolute atomic E-state index is 0.0144. The number of anilines is 2. The molecule has 5 rings (SSSR count). The molecule has 7 nitrogen and oxygen atoms in total. The minimum atomic E-state index is -4.37. The monoisotopic (exact) mass is 569 g/mol. The third-order valence-electron chi connectivity index (χ3n) is 7.07. The van der Waals surface area contributed by atoms with E-state index in [1.54, 1.807) is 18.5 Å². The van der Waals surface area contributed by atoms with Gasteiger partial charge in [-0.3, -0.25) is 15.0 Å². The average Bonchev–Trinajstić information content (AvgIpc) is 3.57. The molecule has 1 fully saturated rings. The van der Waals surface area contributed by atoms with Crippen LogP contribution in [0.25, 0.3) is 10.9 Å². The number of rotatable bonds is 7. The van der Waals surface area contributed by atoms with Gasteiger partial charge in [-0.25, -0.2) is 0 Å². The van der Waals surface area contributed by atoms with Crippen molar-refractivity contribution in [3.63, 3.8) is 0 Å². The molecule has 40 heavy (non-hydrogen) atoms. The lowest BCUT2D eigenvalue weighted by atomic mass is 9.96. The maximum atomic E-state index is 13.8. The third kappa shape index (κ3) is 5.36. The van der Waals surface area contributed by atoms with E-state index in [0.29, 0.717) is 34.0 Å². The summed E-state index contributed by atoms with van der Waals surface area (Å²) in [4.78, 5) is 8.90. The van der Waals surface area contributed by atoms with E-state index < -0.39 is 17.8 Å². The van der Waals surface area contributed by atoms with Crippen LogP contribution in [0.2, 0.25) is 5.02 Å². The molecule has 0 saturated heterocycles. The van der Waals surface area contributed by atoms with Gasteiger partial charge in [0.1, 0.15) is 0 Å². The van der Waals surface area contributed by atoms with Crippen molar-refractivity contribution >= 4 is 33.9 Å². The van der Waals surface area contributed by atoms with Crippen molar-refractivity contribution in [2.45, 2.75) is 58.3 Å². The van der Waals surface area contributed by atoms with Crippen LogP contribution in [-0.2, 0) is 0 Å². The highest BCUT2D eigenvalue weighted by Gasteiger charge is 2.67. The van der Waals surface area contributed by atoms with Gasteiger partial charge in [-0.05, 0) is 48.9 Å². The number of halogens is 4. The number of benzene rings is 1. The van der Waals surface area contributed by atoms with E-state index in [1.165, 1.54) is 6.20 Å². The summed E-state index contributed by atoms with van der Waals surface area (Å²) in [5.41, 5.74) is 8.34. The van der Waals surface area contributed by atoms with Crippen molar-refractivity contribution < 1.29 is 13.2 Å². The molecule has 1 aliphatic heterocycles. The topological polar surface area (TPSA) is 77.1 Å². The van der Waals surface area contributed by atoms with Crippen molar-refractivity contribution in [1.29, 1.82) is 0 Å². The average molecular weight is 570 g/mol.